The molecular weight excluding hydrogens is 322 g/mol. The number of benzene rings is 1. The van der Waals surface area contributed by atoms with Gasteiger partial charge < -0.3 is 20.4 Å². The van der Waals surface area contributed by atoms with Gasteiger partial charge in [0.15, 0.2) is 5.96 Å². The molecule has 0 aliphatic carbocycles. The van der Waals surface area contributed by atoms with Gasteiger partial charge in [-0.05, 0) is 45.3 Å². The number of unbranched alkanes of at least 4 members (excludes halogenated alkanes) is 1. The minimum absolute atomic E-state index is 0.721. The number of hydrogen-bond donors (Lipinski definition) is 2. The van der Waals surface area contributed by atoms with Crippen LogP contribution in [0.2, 0.25) is 0 Å². The molecule has 0 radical (unpaired) electrons. The molecular formula is C21H37N5. The standard InChI is InChI=1S/C21H37N5/c1-4-22-21(24-18-20-10-8-9-19(3)17-20)23-11-6-7-12-26-15-13-25(5-2)14-16-26/h8-10,17H,4-7,11-16,18H2,1-3H3,(H2,22,23,24). The van der Waals surface area contributed by atoms with Crippen LogP contribution < -0.4 is 10.6 Å². The molecule has 2 rings (SSSR count). The first-order chi connectivity index (χ1) is 12.7. The second-order valence-electron chi connectivity index (χ2n) is 7.09. The Hall–Kier alpha value is -1.59. The Morgan fingerprint density at radius 1 is 1.04 bits per heavy atom. The van der Waals surface area contributed by atoms with Gasteiger partial charge in [-0.2, -0.15) is 0 Å². The summed E-state index contributed by atoms with van der Waals surface area (Å²) >= 11 is 0. The molecule has 0 saturated carbocycles. The van der Waals surface area contributed by atoms with Crippen LogP contribution in [-0.4, -0.2) is 68.1 Å². The van der Waals surface area contributed by atoms with E-state index in [9.17, 15) is 0 Å². The molecule has 0 bridgehead atoms. The second kappa shape index (κ2) is 11.9. The Labute approximate surface area is 159 Å². The zero-order valence-electron chi connectivity index (χ0n) is 16.9. The number of piperazine rings is 1. The SMILES string of the molecule is CCNC(=NCc1cccc(C)c1)NCCCCN1CCN(CC)CC1. The lowest BCUT2D eigenvalue weighted by Crippen LogP contribution is -2.46. The maximum Gasteiger partial charge on any atom is 0.191 e. The molecule has 1 heterocycles. The zero-order chi connectivity index (χ0) is 18.6. The molecule has 1 aliphatic rings. The highest BCUT2D eigenvalue weighted by molar-refractivity contribution is 5.79. The summed E-state index contributed by atoms with van der Waals surface area (Å²) < 4.78 is 0. The van der Waals surface area contributed by atoms with Crippen LogP contribution in [0.3, 0.4) is 0 Å². The number of likely N-dealkylation sites (N-methyl/N-ethyl adjacent to an activating group) is 1. The summed E-state index contributed by atoms with van der Waals surface area (Å²) in [6, 6.07) is 8.56. The summed E-state index contributed by atoms with van der Waals surface area (Å²) in [7, 11) is 0. The number of aliphatic imine (C=N–C) groups is 1. The van der Waals surface area contributed by atoms with E-state index in [2.05, 4.69) is 65.5 Å². The molecule has 1 aromatic rings. The van der Waals surface area contributed by atoms with Crippen LogP contribution in [0.4, 0.5) is 0 Å². The Morgan fingerprint density at radius 3 is 2.50 bits per heavy atom. The fourth-order valence-electron chi connectivity index (χ4n) is 3.32. The summed E-state index contributed by atoms with van der Waals surface area (Å²) in [5.41, 5.74) is 2.55. The highest BCUT2D eigenvalue weighted by Gasteiger charge is 2.14. The Kier molecular flexibility index (Phi) is 9.50. The lowest BCUT2D eigenvalue weighted by molar-refractivity contribution is 0.136. The number of nitrogens with zero attached hydrogens (tertiary/aromatic N) is 3. The third-order valence-electron chi connectivity index (χ3n) is 4.95. The molecule has 0 atom stereocenters. The van der Waals surface area contributed by atoms with Gasteiger partial charge in [0.2, 0.25) is 0 Å². The number of aryl methyl sites for hydroxylation is 1. The van der Waals surface area contributed by atoms with Gasteiger partial charge in [0.1, 0.15) is 0 Å². The van der Waals surface area contributed by atoms with Gasteiger partial charge >= 0.3 is 0 Å². The van der Waals surface area contributed by atoms with E-state index in [-0.39, 0.29) is 0 Å². The van der Waals surface area contributed by atoms with Crippen molar-refractivity contribution in [2.24, 2.45) is 4.99 Å². The smallest absolute Gasteiger partial charge is 0.191 e. The van der Waals surface area contributed by atoms with Crippen LogP contribution in [0, 0.1) is 6.92 Å². The van der Waals surface area contributed by atoms with E-state index in [1.165, 1.54) is 63.2 Å². The van der Waals surface area contributed by atoms with E-state index >= 15 is 0 Å². The highest BCUT2D eigenvalue weighted by Crippen LogP contribution is 2.05. The molecule has 0 amide bonds. The van der Waals surface area contributed by atoms with Crippen molar-refractivity contribution in [3.8, 4) is 0 Å². The Morgan fingerprint density at radius 2 is 1.81 bits per heavy atom. The van der Waals surface area contributed by atoms with Crippen molar-refractivity contribution in [2.45, 2.75) is 40.2 Å². The van der Waals surface area contributed by atoms with E-state index in [1.54, 1.807) is 0 Å². The maximum absolute atomic E-state index is 4.71. The predicted molar refractivity (Wildman–Crippen MR) is 112 cm³/mol. The van der Waals surface area contributed by atoms with Gasteiger partial charge in [0, 0.05) is 39.3 Å². The van der Waals surface area contributed by atoms with Gasteiger partial charge in [-0.25, -0.2) is 4.99 Å². The molecule has 1 fully saturated rings. The van der Waals surface area contributed by atoms with Gasteiger partial charge in [0.05, 0.1) is 6.54 Å². The number of nitrogens with one attached hydrogen (secondary N) is 2. The number of guanidine groups is 1. The zero-order valence-corrected chi connectivity index (χ0v) is 16.9. The molecule has 5 heteroatoms. The largest absolute Gasteiger partial charge is 0.357 e. The molecule has 5 nitrogen and oxygen atoms in total. The Balaban J connectivity index is 1.64. The molecule has 1 saturated heterocycles. The van der Waals surface area contributed by atoms with Gasteiger partial charge in [0.25, 0.3) is 0 Å². The first kappa shape index (κ1) is 20.7. The molecule has 26 heavy (non-hydrogen) atoms. The van der Waals surface area contributed by atoms with Gasteiger partial charge in [-0.1, -0.05) is 36.8 Å². The van der Waals surface area contributed by atoms with Crippen LogP contribution in [0.15, 0.2) is 29.3 Å². The van der Waals surface area contributed by atoms with Crippen molar-refractivity contribution in [3.63, 3.8) is 0 Å². The third kappa shape index (κ3) is 7.75. The maximum atomic E-state index is 4.71. The average Bonchev–Trinajstić information content (AvgIpc) is 2.66. The topological polar surface area (TPSA) is 42.9 Å². The van der Waals surface area contributed by atoms with Gasteiger partial charge in [-0.3, -0.25) is 0 Å². The summed E-state index contributed by atoms with van der Waals surface area (Å²) in [5, 5.41) is 6.81. The molecule has 1 aromatic carbocycles. The van der Waals surface area contributed by atoms with E-state index in [0.717, 1.165) is 25.6 Å². The molecule has 0 unspecified atom stereocenters. The van der Waals surface area contributed by atoms with E-state index in [0.29, 0.717) is 0 Å². The molecule has 1 aliphatic heterocycles. The average molecular weight is 360 g/mol. The fraction of sp³-hybridized carbons (Fsp3) is 0.667. The summed E-state index contributed by atoms with van der Waals surface area (Å²) in [6.45, 7) is 16.4. The molecule has 2 N–H and O–H groups in total. The first-order valence-electron chi connectivity index (χ1n) is 10.2. The van der Waals surface area contributed by atoms with Crippen molar-refractivity contribution >= 4 is 5.96 Å². The summed E-state index contributed by atoms with van der Waals surface area (Å²) in [5.74, 6) is 0.922. The van der Waals surface area contributed by atoms with Crippen molar-refractivity contribution in [1.29, 1.82) is 0 Å². The van der Waals surface area contributed by atoms with Crippen molar-refractivity contribution in [1.82, 2.24) is 20.4 Å². The summed E-state index contributed by atoms with van der Waals surface area (Å²) in [6.07, 6.45) is 2.43. The fourth-order valence-corrected chi connectivity index (χ4v) is 3.32. The second-order valence-corrected chi connectivity index (χ2v) is 7.09. The number of rotatable bonds is 9. The normalized spacial score (nSPS) is 16.7. The predicted octanol–water partition coefficient (Wildman–Crippen LogP) is 2.47. The van der Waals surface area contributed by atoms with Crippen LogP contribution >= 0.6 is 0 Å². The first-order valence-corrected chi connectivity index (χ1v) is 10.2. The summed E-state index contributed by atoms with van der Waals surface area (Å²) in [4.78, 5) is 9.84. The Bertz CT molecular complexity index is 535. The molecule has 0 aromatic heterocycles. The van der Waals surface area contributed by atoms with Crippen molar-refractivity contribution in [2.75, 3.05) is 52.4 Å². The van der Waals surface area contributed by atoms with E-state index in [4.69, 9.17) is 4.99 Å². The number of hydrogen-bond acceptors (Lipinski definition) is 3. The minimum atomic E-state index is 0.721. The lowest BCUT2D eigenvalue weighted by Gasteiger charge is -2.34. The van der Waals surface area contributed by atoms with Crippen LogP contribution in [0.1, 0.15) is 37.8 Å². The third-order valence-corrected chi connectivity index (χ3v) is 4.95. The van der Waals surface area contributed by atoms with Crippen LogP contribution in [0.25, 0.3) is 0 Å². The molecule has 146 valence electrons. The highest BCUT2D eigenvalue weighted by atomic mass is 15.3. The minimum Gasteiger partial charge on any atom is -0.357 e. The van der Waals surface area contributed by atoms with Gasteiger partial charge in [-0.15, -0.1) is 0 Å². The molecule has 0 spiro atoms. The quantitative estimate of drug-likeness (QED) is 0.404. The van der Waals surface area contributed by atoms with Crippen molar-refractivity contribution in [3.05, 3.63) is 35.4 Å². The van der Waals surface area contributed by atoms with Crippen molar-refractivity contribution < 1.29 is 0 Å². The van der Waals surface area contributed by atoms with Crippen LogP contribution in [0.5, 0.6) is 0 Å². The monoisotopic (exact) mass is 359 g/mol. The van der Waals surface area contributed by atoms with Crippen LogP contribution in [-0.2, 0) is 6.54 Å². The lowest BCUT2D eigenvalue weighted by atomic mass is 10.1. The van der Waals surface area contributed by atoms with E-state index < -0.39 is 0 Å². The van der Waals surface area contributed by atoms with E-state index in [1.807, 2.05) is 0 Å².